The highest BCUT2D eigenvalue weighted by Crippen LogP contribution is 2.28. The highest BCUT2D eigenvalue weighted by molar-refractivity contribution is 6.06. The number of aryl methyl sites for hydroxylation is 1. The van der Waals surface area contributed by atoms with Gasteiger partial charge in [0.25, 0.3) is 11.8 Å². The molecule has 31 heavy (non-hydrogen) atoms. The van der Waals surface area contributed by atoms with E-state index in [-0.39, 0.29) is 17.5 Å². The van der Waals surface area contributed by atoms with Gasteiger partial charge in [0.05, 0.1) is 24.1 Å². The van der Waals surface area contributed by atoms with Crippen LogP contribution in [0.25, 0.3) is 23.1 Å². The van der Waals surface area contributed by atoms with Gasteiger partial charge in [0.1, 0.15) is 11.6 Å². The molecule has 0 atom stereocenters. The number of hydrogen-bond acceptors (Lipinski definition) is 6. The van der Waals surface area contributed by atoms with Crippen molar-refractivity contribution in [3.05, 3.63) is 71.7 Å². The molecule has 4 rings (SSSR count). The van der Waals surface area contributed by atoms with Gasteiger partial charge in [-0.25, -0.2) is 4.39 Å². The van der Waals surface area contributed by atoms with Crippen LogP contribution in [0.5, 0.6) is 5.75 Å². The summed E-state index contributed by atoms with van der Waals surface area (Å²) in [6.45, 7) is 4.32. The number of furan rings is 1. The van der Waals surface area contributed by atoms with Crippen LogP contribution in [0.4, 0.5) is 10.1 Å². The standard InChI is InChI=1S/C23H20FN3O4/c1-3-10-29-19-9-6-14(2)12-16(19)21(28)25-18-13-15(7-8-17(18)24)22-26-27-23(31-22)20-5-4-11-30-20/h4-9,11-13H,3,10H2,1-2H3,(H,25,28). The second-order valence-electron chi connectivity index (χ2n) is 6.89. The Morgan fingerprint density at radius 2 is 1.97 bits per heavy atom. The van der Waals surface area contributed by atoms with Crippen molar-refractivity contribution >= 4 is 11.6 Å². The van der Waals surface area contributed by atoms with Crippen LogP contribution in [0.2, 0.25) is 0 Å². The summed E-state index contributed by atoms with van der Waals surface area (Å²) in [7, 11) is 0. The number of anilines is 1. The largest absolute Gasteiger partial charge is 0.493 e. The van der Waals surface area contributed by atoms with Crippen LogP contribution in [-0.2, 0) is 0 Å². The lowest BCUT2D eigenvalue weighted by Gasteiger charge is -2.13. The summed E-state index contributed by atoms with van der Waals surface area (Å²) in [5, 5.41) is 10.5. The molecule has 1 N–H and O–H groups in total. The zero-order chi connectivity index (χ0) is 21.8. The average molecular weight is 421 g/mol. The first-order valence-electron chi connectivity index (χ1n) is 9.77. The Balaban J connectivity index is 1.60. The van der Waals surface area contributed by atoms with E-state index >= 15 is 0 Å². The normalized spacial score (nSPS) is 10.8. The minimum absolute atomic E-state index is 0.0109. The molecule has 0 fully saturated rings. The number of rotatable bonds is 7. The van der Waals surface area contributed by atoms with E-state index in [1.165, 1.54) is 24.5 Å². The summed E-state index contributed by atoms with van der Waals surface area (Å²) in [6, 6.07) is 12.8. The Kier molecular flexibility index (Phi) is 5.79. The van der Waals surface area contributed by atoms with Gasteiger partial charge in [-0.1, -0.05) is 18.6 Å². The SMILES string of the molecule is CCCOc1ccc(C)cc1C(=O)Nc1cc(-c2nnc(-c3ccco3)o2)ccc1F. The molecule has 1 amide bonds. The molecule has 0 saturated carbocycles. The zero-order valence-electron chi connectivity index (χ0n) is 17.0. The minimum Gasteiger partial charge on any atom is -0.493 e. The van der Waals surface area contributed by atoms with E-state index in [0.717, 1.165) is 12.0 Å². The number of benzene rings is 2. The van der Waals surface area contributed by atoms with Crippen LogP contribution in [0.15, 0.2) is 63.6 Å². The summed E-state index contributed by atoms with van der Waals surface area (Å²) >= 11 is 0. The summed E-state index contributed by atoms with van der Waals surface area (Å²) < 4.78 is 31.0. The summed E-state index contributed by atoms with van der Waals surface area (Å²) in [5.74, 6) is 0.172. The number of halogens is 1. The Labute approximate surface area is 177 Å². The summed E-state index contributed by atoms with van der Waals surface area (Å²) in [4.78, 5) is 12.9. The third-order valence-electron chi connectivity index (χ3n) is 4.46. The average Bonchev–Trinajstić information content (AvgIpc) is 3.46. The Hall–Kier alpha value is -3.94. The number of nitrogens with zero attached hydrogens (tertiary/aromatic N) is 2. The number of ether oxygens (including phenoxy) is 1. The van der Waals surface area contributed by atoms with Crippen molar-refractivity contribution in [1.82, 2.24) is 10.2 Å². The highest BCUT2D eigenvalue weighted by Gasteiger charge is 2.18. The van der Waals surface area contributed by atoms with E-state index < -0.39 is 11.7 Å². The second-order valence-corrected chi connectivity index (χ2v) is 6.89. The van der Waals surface area contributed by atoms with Crippen molar-refractivity contribution in [2.75, 3.05) is 11.9 Å². The first-order chi connectivity index (χ1) is 15.0. The maximum atomic E-state index is 14.4. The van der Waals surface area contributed by atoms with Gasteiger partial charge in [0.2, 0.25) is 5.89 Å². The molecule has 158 valence electrons. The van der Waals surface area contributed by atoms with E-state index in [2.05, 4.69) is 15.5 Å². The fraction of sp³-hybridized carbons (Fsp3) is 0.174. The monoisotopic (exact) mass is 421 g/mol. The van der Waals surface area contributed by atoms with E-state index in [1.807, 2.05) is 19.9 Å². The molecule has 4 aromatic rings. The predicted molar refractivity (Wildman–Crippen MR) is 112 cm³/mol. The third kappa shape index (κ3) is 4.48. The minimum atomic E-state index is -0.591. The zero-order valence-corrected chi connectivity index (χ0v) is 17.0. The molecule has 0 bridgehead atoms. The Morgan fingerprint density at radius 3 is 2.74 bits per heavy atom. The number of nitrogens with one attached hydrogen (secondary N) is 1. The quantitative estimate of drug-likeness (QED) is 0.425. The van der Waals surface area contributed by atoms with Crippen LogP contribution in [0.3, 0.4) is 0 Å². The maximum Gasteiger partial charge on any atom is 0.283 e. The number of carbonyl (C=O) groups is 1. The van der Waals surface area contributed by atoms with Crippen LogP contribution < -0.4 is 10.1 Å². The number of hydrogen-bond donors (Lipinski definition) is 1. The number of aromatic nitrogens is 2. The molecular formula is C23H20FN3O4. The van der Waals surface area contributed by atoms with E-state index in [1.54, 1.807) is 24.3 Å². The molecule has 8 heteroatoms. The molecule has 0 aliphatic carbocycles. The molecule has 2 aromatic carbocycles. The van der Waals surface area contributed by atoms with Crippen molar-refractivity contribution in [3.63, 3.8) is 0 Å². The Bertz CT molecular complexity index is 1200. The highest BCUT2D eigenvalue weighted by atomic mass is 19.1. The molecule has 7 nitrogen and oxygen atoms in total. The van der Waals surface area contributed by atoms with Gasteiger partial charge in [-0.3, -0.25) is 4.79 Å². The number of amides is 1. The molecule has 2 heterocycles. The Morgan fingerprint density at radius 1 is 1.13 bits per heavy atom. The van der Waals surface area contributed by atoms with E-state index in [4.69, 9.17) is 13.6 Å². The maximum absolute atomic E-state index is 14.4. The van der Waals surface area contributed by atoms with Crippen molar-refractivity contribution < 1.29 is 22.8 Å². The topological polar surface area (TPSA) is 90.4 Å². The van der Waals surface area contributed by atoms with Gasteiger partial charge in [0, 0.05) is 5.56 Å². The van der Waals surface area contributed by atoms with Crippen LogP contribution in [0, 0.1) is 12.7 Å². The summed E-state index contributed by atoms with van der Waals surface area (Å²) in [6.07, 6.45) is 2.30. The van der Waals surface area contributed by atoms with Crippen LogP contribution in [0.1, 0.15) is 29.3 Å². The van der Waals surface area contributed by atoms with Crippen molar-refractivity contribution in [1.29, 1.82) is 0 Å². The molecular weight excluding hydrogens is 401 g/mol. The van der Waals surface area contributed by atoms with Gasteiger partial charge in [0.15, 0.2) is 5.76 Å². The van der Waals surface area contributed by atoms with Gasteiger partial charge >= 0.3 is 0 Å². The van der Waals surface area contributed by atoms with Crippen molar-refractivity contribution in [2.45, 2.75) is 20.3 Å². The first kappa shape index (κ1) is 20.3. The van der Waals surface area contributed by atoms with Crippen LogP contribution in [-0.4, -0.2) is 22.7 Å². The molecule has 0 unspecified atom stereocenters. The van der Waals surface area contributed by atoms with Gasteiger partial charge < -0.3 is 18.9 Å². The second kappa shape index (κ2) is 8.83. The van der Waals surface area contributed by atoms with Gasteiger partial charge in [-0.05, 0) is 55.8 Å². The van der Waals surface area contributed by atoms with Crippen molar-refractivity contribution in [2.24, 2.45) is 0 Å². The fourth-order valence-corrected chi connectivity index (χ4v) is 2.94. The molecule has 0 aliphatic rings. The van der Waals surface area contributed by atoms with Gasteiger partial charge in [-0.15, -0.1) is 10.2 Å². The molecule has 2 aromatic heterocycles. The lowest BCUT2D eigenvalue weighted by atomic mass is 10.1. The fourth-order valence-electron chi connectivity index (χ4n) is 2.94. The molecule has 0 saturated heterocycles. The van der Waals surface area contributed by atoms with Gasteiger partial charge in [-0.2, -0.15) is 0 Å². The lowest BCUT2D eigenvalue weighted by molar-refractivity contribution is 0.102. The van der Waals surface area contributed by atoms with Crippen LogP contribution >= 0.6 is 0 Å². The lowest BCUT2D eigenvalue weighted by Crippen LogP contribution is -2.15. The number of carbonyl (C=O) groups excluding carboxylic acids is 1. The predicted octanol–water partition coefficient (Wildman–Crippen LogP) is 5.49. The third-order valence-corrected chi connectivity index (χ3v) is 4.46. The molecule has 0 radical (unpaired) electrons. The first-order valence-corrected chi connectivity index (χ1v) is 9.77. The summed E-state index contributed by atoms with van der Waals surface area (Å²) in [5.41, 5.74) is 1.66. The molecule has 0 spiro atoms. The molecule has 0 aliphatic heterocycles. The van der Waals surface area contributed by atoms with Crippen molar-refractivity contribution in [3.8, 4) is 28.9 Å². The smallest absolute Gasteiger partial charge is 0.283 e. The van der Waals surface area contributed by atoms with E-state index in [0.29, 0.717) is 29.2 Å². The van der Waals surface area contributed by atoms with E-state index in [9.17, 15) is 9.18 Å².